The monoisotopic (exact) mass is 438 g/mol. The third kappa shape index (κ3) is 4.17. The number of methoxy groups -OCH3 is 1. The Labute approximate surface area is 186 Å². The minimum atomic E-state index is -0.597. The van der Waals surface area contributed by atoms with Crippen LogP contribution in [-0.4, -0.2) is 44.5 Å². The zero-order valence-electron chi connectivity index (χ0n) is 18.9. The molecule has 1 atom stereocenters. The van der Waals surface area contributed by atoms with E-state index in [0.29, 0.717) is 30.1 Å². The number of ether oxygens (including phenoxy) is 2. The number of halogens is 1. The maximum Gasteiger partial charge on any atom is 0.410 e. The van der Waals surface area contributed by atoms with E-state index in [1.54, 1.807) is 29.4 Å². The molecular weight excluding hydrogens is 411 g/mol. The summed E-state index contributed by atoms with van der Waals surface area (Å²) < 4.78 is 27.6. The normalized spacial score (nSPS) is 15.9. The number of amides is 1. The predicted molar refractivity (Wildman–Crippen MR) is 119 cm³/mol. The van der Waals surface area contributed by atoms with Crippen molar-refractivity contribution in [3.05, 3.63) is 54.2 Å². The third-order valence-corrected chi connectivity index (χ3v) is 5.38. The Bertz CT molecular complexity index is 1140. The van der Waals surface area contributed by atoms with Crippen molar-refractivity contribution in [2.45, 2.75) is 52.4 Å². The summed E-state index contributed by atoms with van der Waals surface area (Å²) in [6, 6.07) is 8.32. The number of aromatic nitrogens is 3. The van der Waals surface area contributed by atoms with Crippen LogP contribution in [0.1, 0.15) is 33.4 Å². The number of rotatable bonds is 3. The van der Waals surface area contributed by atoms with E-state index in [0.717, 1.165) is 16.8 Å². The fraction of sp³-hybridized carbons (Fsp3) is 0.375. The molecule has 3 heterocycles. The summed E-state index contributed by atoms with van der Waals surface area (Å²) in [7, 11) is 1.50. The first-order valence-electron chi connectivity index (χ1n) is 10.5. The average Bonchev–Trinajstić information content (AvgIpc) is 3.10. The van der Waals surface area contributed by atoms with Crippen molar-refractivity contribution < 1.29 is 18.7 Å². The number of hydrogen-bond acceptors (Lipinski definition) is 5. The van der Waals surface area contributed by atoms with Gasteiger partial charge in [-0.25, -0.2) is 9.18 Å². The van der Waals surface area contributed by atoms with Crippen molar-refractivity contribution in [1.29, 1.82) is 0 Å². The number of benzene rings is 1. The van der Waals surface area contributed by atoms with E-state index in [1.807, 2.05) is 44.5 Å². The molecule has 168 valence electrons. The van der Waals surface area contributed by atoms with Crippen molar-refractivity contribution in [1.82, 2.24) is 19.7 Å². The first kappa shape index (κ1) is 21.8. The third-order valence-electron chi connectivity index (χ3n) is 5.38. The summed E-state index contributed by atoms with van der Waals surface area (Å²) in [5, 5.41) is 4.77. The number of fused-ring (bicyclic) bond motifs is 1. The Balaban J connectivity index is 1.84. The molecule has 1 aliphatic rings. The molecule has 8 heteroatoms. The van der Waals surface area contributed by atoms with Gasteiger partial charge in [-0.15, -0.1) is 0 Å². The van der Waals surface area contributed by atoms with Crippen LogP contribution in [0, 0.1) is 5.82 Å². The SMILES string of the molecule is COc1ccc(-c2nn3c(c2-c2ccncc2)CN(C(=O)OC(C)(C)C)[C@H](C)C3)c(F)c1. The summed E-state index contributed by atoms with van der Waals surface area (Å²) in [6.07, 6.45) is 2.99. The van der Waals surface area contributed by atoms with Gasteiger partial charge in [-0.05, 0) is 57.5 Å². The largest absolute Gasteiger partial charge is 0.497 e. The second kappa shape index (κ2) is 8.26. The van der Waals surface area contributed by atoms with Gasteiger partial charge in [0, 0.05) is 29.6 Å². The molecule has 1 aromatic carbocycles. The van der Waals surface area contributed by atoms with Crippen LogP contribution in [0.25, 0.3) is 22.4 Å². The lowest BCUT2D eigenvalue weighted by Gasteiger charge is -2.35. The molecule has 1 aliphatic heterocycles. The summed E-state index contributed by atoms with van der Waals surface area (Å²) >= 11 is 0. The van der Waals surface area contributed by atoms with Crippen molar-refractivity contribution in [2.24, 2.45) is 0 Å². The summed E-state index contributed by atoms with van der Waals surface area (Å²) in [6.45, 7) is 8.27. The van der Waals surface area contributed by atoms with E-state index in [4.69, 9.17) is 14.6 Å². The van der Waals surface area contributed by atoms with Crippen LogP contribution in [0.4, 0.5) is 9.18 Å². The highest BCUT2D eigenvalue weighted by molar-refractivity contribution is 5.83. The van der Waals surface area contributed by atoms with Crippen LogP contribution < -0.4 is 4.74 Å². The topological polar surface area (TPSA) is 69.5 Å². The van der Waals surface area contributed by atoms with E-state index in [2.05, 4.69) is 4.98 Å². The lowest BCUT2D eigenvalue weighted by molar-refractivity contribution is 0.00914. The molecule has 1 amide bonds. The van der Waals surface area contributed by atoms with E-state index in [9.17, 15) is 4.79 Å². The maximum atomic E-state index is 15.0. The summed E-state index contributed by atoms with van der Waals surface area (Å²) in [4.78, 5) is 18.7. The first-order valence-corrected chi connectivity index (χ1v) is 10.5. The maximum absolute atomic E-state index is 15.0. The van der Waals surface area contributed by atoms with Crippen LogP contribution in [0.3, 0.4) is 0 Å². The second-order valence-electron chi connectivity index (χ2n) is 8.89. The Morgan fingerprint density at radius 2 is 1.91 bits per heavy atom. The van der Waals surface area contributed by atoms with Crippen LogP contribution >= 0.6 is 0 Å². The van der Waals surface area contributed by atoms with E-state index < -0.39 is 11.4 Å². The van der Waals surface area contributed by atoms with Gasteiger partial charge in [0.2, 0.25) is 0 Å². The number of carbonyl (C=O) groups is 1. The van der Waals surface area contributed by atoms with E-state index in [-0.39, 0.29) is 12.1 Å². The molecule has 32 heavy (non-hydrogen) atoms. The molecule has 0 bridgehead atoms. The molecule has 0 fully saturated rings. The standard InChI is InChI=1S/C24H27FN4O3/c1-15-13-29-20(14-28(15)23(30)32-24(2,3)4)21(16-8-10-26-11-9-16)22(27-29)18-7-6-17(31-5)12-19(18)25/h6-12,15H,13-14H2,1-5H3/t15-/m1/s1. The fourth-order valence-electron chi connectivity index (χ4n) is 3.86. The molecule has 3 aromatic rings. The number of carbonyl (C=O) groups excluding carboxylic acids is 1. The molecular formula is C24H27FN4O3. The summed E-state index contributed by atoms with van der Waals surface area (Å²) in [5.74, 6) is 0.0116. The molecule has 0 unspecified atom stereocenters. The molecule has 0 N–H and O–H groups in total. The second-order valence-corrected chi connectivity index (χ2v) is 8.89. The van der Waals surface area contributed by atoms with Gasteiger partial charge in [-0.3, -0.25) is 14.6 Å². The van der Waals surface area contributed by atoms with Crippen LogP contribution in [0.2, 0.25) is 0 Å². The van der Waals surface area contributed by atoms with Crippen molar-refractivity contribution in [3.63, 3.8) is 0 Å². The molecule has 0 saturated carbocycles. The van der Waals surface area contributed by atoms with Gasteiger partial charge in [0.1, 0.15) is 22.9 Å². The van der Waals surface area contributed by atoms with Gasteiger partial charge < -0.3 is 9.47 Å². The van der Waals surface area contributed by atoms with Crippen LogP contribution in [-0.2, 0) is 17.8 Å². The number of hydrogen-bond donors (Lipinski definition) is 0. The lowest BCUT2D eigenvalue weighted by Crippen LogP contribution is -2.47. The highest BCUT2D eigenvalue weighted by Gasteiger charge is 2.34. The molecule has 0 spiro atoms. The van der Waals surface area contributed by atoms with Gasteiger partial charge in [0.05, 0.1) is 31.9 Å². The van der Waals surface area contributed by atoms with Gasteiger partial charge in [-0.1, -0.05) is 0 Å². The van der Waals surface area contributed by atoms with Crippen molar-refractivity contribution >= 4 is 6.09 Å². The minimum Gasteiger partial charge on any atom is -0.497 e. The van der Waals surface area contributed by atoms with Gasteiger partial charge in [0.15, 0.2) is 0 Å². The highest BCUT2D eigenvalue weighted by atomic mass is 19.1. The van der Waals surface area contributed by atoms with Gasteiger partial charge >= 0.3 is 6.09 Å². The molecule has 4 rings (SSSR count). The Morgan fingerprint density at radius 1 is 1.19 bits per heavy atom. The van der Waals surface area contributed by atoms with Crippen molar-refractivity contribution in [2.75, 3.05) is 7.11 Å². The Hall–Kier alpha value is -3.42. The zero-order chi connectivity index (χ0) is 23.0. The zero-order valence-corrected chi connectivity index (χ0v) is 18.9. The van der Waals surface area contributed by atoms with Gasteiger partial charge in [0.25, 0.3) is 0 Å². The summed E-state index contributed by atoms with van der Waals surface area (Å²) in [5.41, 5.74) is 2.74. The molecule has 0 aliphatic carbocycles. The molecule has 2 aromatic heterocycles. The van der Waals surface area contributed by atoms with E-state index in [1.165, 1.54) is 13.2 Å². The number of nitrogens with zero attached hydrogens (tertiary/aromatic N) is 4. The van der Waals surface area contributed by atoms with Crippen LogP contribution in [0.15, 0.2) is 42.7 Å². The lowest BCUT2D eigenvalue weighted by atomic mass is 9.98. The minimum absolute atomic E-state index is 0.129. The van der Waals surface area contributed by atoms with Crippen molar-refractivity contribution in [3.8, 4) is 28.1 Å². The molecule has 7 nitrogen and oxygen atoms in total. The smallest absolute Gasteiger partial charge is 0.410 e. The Morgan fingerprint density at radius 3 is 2.53 bits per heavy atom. The average molecular weight is 439 g/mol. The number of pyridine rings is 1. The molecule has 0 radical (unpaired) electrons. The van der Waals surface area contributed by atoms with Gasteiger partial charge in [-0.2, -0.15) is 5.10 Å². The first-order chi connectivity index (χ1) is 15.2. The molecule has 0 saturated heterocycles. The van der Waals surface area contributed by atoms with Crippen LogP contribution in [0.5, 0.6) is 5.75 Å². The highest BCUT2D eigenvalue weighted by Crippen LogP contribution is 2.39. The van der Waals surface area contributed by atoms with E-state index >= 15 is 4.39 Å². The quantitative estimate of drug-likeness (QED) is 0.582. The fourth-order valence-corrected chi connectivity index (χ4v) is 3.86. The Kier molecular flexibility index (Phi) is 5.62. The predicted octanol–water partition coefficient (Wildman–Crippen LogP) is 4.90.